The summed E-state index contributed by atoms with van der Waals surface area (Å²) in [5.41, 5.74) is 3.52. The number of methoxy groups -OCH3 is 1. The summed E-state index contributed by atoms with van der Waals surface area (Å²) in [6.07, 6.45) is 5.36. The van der Waals surface area contributed by atoms with Crippen molar-refractivity contribution < 1.29 is 23.8 Å². The predicted molar refractivity (Wildman–Crippen MR) is 116 cm³/mol. The van der Waals surface area contributed by atoms with Crippen LogP contribution in [0.1, 0.15) is 17.5 Å². The van der Waals surface area contributed by atoms with E-state index in [0.717, 1.165) is 16.7 Å². The Morgan fingerprint density at radius 2 is 1.74 bits per heavy atom. The van der Waals surface area contributed by atoms with Crippen molar-refractivity contribution >= 4 is 12.2 Å². The van der Waals surface area contributed by atoms with Crippen LogP contribution >= 0.6 is 0 Å². The summed E-state index contributed by atoms with van der Waals surface area (Å²) in [5.74, 6) is -0.646. The number of carbonyl (C=O) groups is 1. The van der Waals surface area contributed by atoms with Crippen LogP contribution in [-0.4, -0.2) is 25.6 Å². The van der Waals surface area contributed by atoms with E-state index in [-0.39, 0.29) is 17.8 Å². The number of ether oxygens (including phenoxy) is 3. The lowest BCUT2D eigenvalue weighted by Gasteiger charge is -2.34. The molecule has 2 aromatic carbocycles. The van der Waals surface area contributed by atoms with Gasteiger partial charge < -0.3 is 19.0 Å². The molecule has 1 aliphatic carbocycles. The smallest absolute Gasteiger partial charge is 0.337 e. The first kappa shape index (κ1) is 20.9. The first-order valence-corrected chi connectivity index (χ1v) is 10.2. The Hall–Kier alpha value is -3.38. The zero-order valence-corrected chi connectivity index (χ0v) is 17.3. The molecular formula is C25H25NO5. The molecule has 1 aliphatic heterocycles. The molecule has 0 radical (unpaired) electrons. The molecule has 3 unspecified atom stereocenters. The maximum Gasteiger partial charge on any atom is 0.337 e. The van der Waals surface area contributed by atoms with Crippen molar-refractivity contribution in [2.24, 2.45) is 17.0 Å². The zero-order chi connectivity index (χ0) is 21.5. The van der Waals surface area contributed by atoms with E-state index < -0.39 is 6.29 Å². The van der Waals surface area contributed by atoms with Gasteiger partial charge in [0.25, 0.3) is 0 Å². The number of fused-ring (bicyclic) bond motifs is 1. The van der Waals surface area contributed by atoms with Gasteiger partial charge in [0.2, 0.25) is 6.29 Å². The van der Waals surface area contributed by atoms with Crippen molar-refractivity contribution in [3.05, 3.63) is 95.3 Å². The van der Waals surface area contributed by atoms with Gasteiger partial charge in [0.1, 0.15) is 6.61 Å². The van der Waals surface area contributed by atoms with Crippen LogP contribution in [0.4, 0.5) is 0 Å². The first-order chi connectivity index (χ1) is 15.3. The van der Waals surface area contributed by atoms with Gasteiger partial charge in [0.15, 0.2) is 0 Å². The summed E-state index contributed by atoms with van der Waals surface area (Å²) >= 11 is 0. The van der Waals surface area contributed by atoms with Crippen molar-refractivity contribution in [2.75, 3.05) is 7.11 Å². The second-order valence-corrected chi connectivity index (χ2v) is 7.43. The molecule has 0 saturated heterocycles. The molecule has 0 N–H and O–H groups in total. The number of nitrogens with zero attached hydrogens (tertiary/aromatic N) is 1. The van der Waals surface area contributed by atoms with Gasteiger partial charge in [0, 0.05) is 5.92 Å². The van der Waals surface area contributed by atoms with E-state index in [1.165, 1.54) is 13.4 Å². The summed E-state index contributed by atoms with van der Waals surface area (Å²) in [7, 11) is 1.37. The van der Waals surface area contributed by atoms with Gasteiger partial charge >= 0.3 is 5.97 Å². The topological polar surface area (TPSA) is 66.4 Å². The highest BCUT2D eigenvalue weighted by Gasteiger charge is 2.44. The van der Waals surface area contributed by atoms with E-state index in [1.807, 2.05) is 60.7 Å². The van der Waals surface area contributed by atoms with Crippen molar-refractivity contribution in [2.45, 2.75) is 25.9 Å². The maximum absolute atomic E-state index is 12.2. The number of allylic oxidation sites excluding steroid dienone is 1. The summed E-state index contributed by atoms with van der Waals surface area (Å²) in [4.78, 5) is 17.7. The van der Waals surface area contributed by atoms with E-state index in [2.05, 4.69) is 11.2 Å². The van der Waals surface area contributed by atoms with Gasteiger partial charge in [-0.2, -0.15) is 0 Å². The van der Waals surface area contributed by atoms with Gasteiger partial charge in [-0.05, 0) is 23.1 Å². The summed E-state index contributed by atoms with van der Waals surface area (Å²) < 4.78 is 16.9. The van der Waals surface area contributed by atoms with E-state index >= 15 is 0 Å². The average molecular weight is 419 g/mol. The molecule has 6 nitrogen and oxygen atoms in total. The lowest BCUT2D eigenvalue weighted by molar-refractivity contribution is -0.159. The molecule has 0 bridgehead atoms. The number of carbonyl (C=O) groups excluding carboxylic acids is 1. The molecule has 0 aromatic heterocycles. The minimum absolute atomic E-state index is 0.0856. The highest BCUT2D eigenvalue weighted by molar-refractivity contribution is 5.90. The third-order valence-corrected chi connectivity index (χ3v) is 5.48. The number of hydrogen-bond donors (Lipinski definition) is 0. The molecule has 31 heavy (non-hydrogen) atoms. The van der Waals surface area contributed by atoms with Crippen LogP contribution in [0.15, 0.2) is 89.3 Å². The molecule has 4 rings (SSSR count). The van der Waals surface area contributed by atoms with Crippen molar-refractivity contribution in [1.82, 2.24) is 0 Å². The summed E-state index contributed by atoms with van der Waals surface area (Å²) in [6, 6.07) is 19.7. The molecule has 0 saturated carbocycles. The Kier molecular flexibility index (Phi) is 6.79. The number of esters is 1. The van der Waals surface area contributed by atoms with Gasteiger partial charge in [-0.1, -0.05) is 71.9 Å². The maximum atomic E-state index is 12.2. The SMILES string of the molecule is COC(=O)C1=COC(OCc2ccccc2)C2C(C=NOCc3ccccc3)=CCC12. The molecule has 0 amide bonds. The van der Waals surface area contributed by atoms with E-state index in [9.17, 15) is 4.79 Å². The number of rotatable bonds is 8. The Balaban J connectivity index is 1.45. The lowest BCUT2D eigenvalue weighted by Crippen LogP contribution is -2.37. The lowest BCUT2D eigenvalue weighted by atomic mass is 9.83. The Morgan fingerprint density at radius 1 is 1.06 bits per heavy atom. The quantitative estimate of drug-likeness (QED) is 0.361. The van der Waals surface area contributed by atoms with Crippen LogP contribution in [-0.2, 0) is 37.1 Å². The Morgan fingerprint density at radius 3 is 2.42 bits per heavy atom. The van der Waals surface area contributed by atoms with Crippen LogP contribution in [0.3, 0.4) is 0 Å². The van der Waals surface area contributed by atoms with Crippen LogP contribution in [0.5, 0.6) is 0 Å². The fraction of sp³-hybridized carbons (Fsp3) is 0.280. The second-order valence-electron chi connectivity index (χ2n) is 7.43. The van der Waals surface area contributed by atoms with Crippen LogP contribution in [0.25, 0.3) is 0 Å². The highest BCUT2D eigenvalue weighted by atomic mass is 16.7. The van der Waals surface area contributed by atoms with Crippen molar-refractivity contribution in [3.8, 4) is 0 Å². The van der Waals surface area contributed by atoms with Crippen molar-refractivity contribution in [1.29, 1.82) is 0 Å². The van der Waals surface area contributed by atoms with Crippen LogP contribution in [0.2, 0.25) is 0 Å². The van der Waals surface area contributed by atoms with Crippen LogP contribution in [0, 0.1) is 11.8 Å². The number of benzene rings is 2. The predicted octanol–water partition coefficient (Wildman–Crippen LogP) is 4.38. The van der Waals surface area contributed by atoms with Crippen LogP contribution < -0.4 is 0 Å². The third-order valence-electron chi connectivity index (χ3n) is 5.48. The summed E-state index contributed by atoms with van der Waals surface area (Å²) in [5, 5.41) is 4.14. The zero-order valence-electron chi connectivity index (χ0n) is 17.3. The first-order valence-electron chi connectivity index (χ1n) is 10.2. The Labute approximate surface area is 181 Å². The minimum Gasteiger partial charge on any atom is -0.471 e. The van der Waals surface area contributed by atoms with E-state index in [1.54, 1.807) is 6.21 Å². The molecule has 3 atom stereocenters. The monoisotopic (exact) mass is 419 g/mol. The largest absolute Gasteiger partial charge is 0.471 e. The molecule has 0 fully saturated rings. The number of hydrogen-bond acceptors (Lipinski definition) is 6. The molecule has 1 heterocycles. The van der Waals surface area contributed by atoms with Crippen molar-refractivity contribution in [3.63, 3.8) is 0 Å². The fourth-order valence-electron chi connectivity index (χ4n) is 3.89. The van der Waals surface area contributed by atoms with Gasteiger partial charge in [0.05, 0.1) is 37.7 Å². The van der Waals surface area contributed by atoms with Gasteiger partial charge in [-0.15, -0.1) is 0 Å². The van der Waals surface area contributed by atoms with E-state index in [4.69, 9.17) is 19.0 Å². The minimum atomic E-state index is -0.534. The highest BCUT2D eigenvalue weighted by Crippen LogP contribution is 2.43. The van der Waals surface area contributed by atoms with Gasteiger partial charge in [-0.3, -0.25) is 0 Å². The molecule has 0 spiro atoms. The second kappa shape index (κ2) is 10.1. The fourth-order valence-corrected chi connectivity index (χ4v) is 3.89. The summed E-state index contributed by atoms with van der Waals surface area (Å²) in [6.45, 7) is 0.793. The average Bonchev–Trinajstić information content (AvgIpc) is 3.25. The molecular weight excluding hydrogens is 394 g/mol. The van der Waals surface area contributed by atoms with E-state index in [0.29, 0.717) is 25.2 Å². The third kappa shape index (κ3) is 5.03. The van der Waals surface area contributed by atoms with Gasteiger partial charge in [-0.25, -0.2) is 4.79 Å². The number of oxime groups is 1. The molecule has 2 aromatic rings. The molecule has 6 heteroatoms. The Bertz CT molecular complexity index is 968. The standard InChI is InChI=1S/C25H25NO5/c1-28-24(27)22-17-30-25(29-15-18-8-4-2-5-9-18)23-20(12-13-21(22)23)14-26-31-16-19-10-6-3-7-11-19/h2-12,14,17,21,23,25H,13,15-16H2,1H3. The normalized spacial score (nSPS) is 22.3. The molecule has 160 valence electrons. The molecule has 2 aliphatic rings.